The van der Waals surface area contributed by atoms with Crippen molar-refractivity contribution in [3.63, 3.8) is 0 Å². The molecule has 1 aromatic carbocycles. The van der Waals surface area contributed by atoms with Crippen molar-refractivity contribution in [2.45, 2.75) is 20.4 Å². The molecule has 0 fully saturated rings. The second kappa shape index (κ2) is 7.64. The van der Waals surface area contributed by atoms with E-state index in [2.05, 4.69) is 31.2 Å². The number of hydrogen-bond donors (Lipinski definition) is 1. The lowest BCUT2D eigenvalue weighted by atomic mass is 10.1. The Kier molecular flexibility index (Phi) is 5.85. The Hall–Kier alpha value is -1.30. The minimum atomic E-state index is 0.703. The molecule has 1 N–H and O–H groups in total. The van der Waals surface area contributed by atoms with E-state index in [9.17, 15) is 0 Å². The maximum absolute atomic E-state index is 5.03. The van der Waals surface area contributed by atoms with Crippen LogP contribution in [0.1, 0.15) is 17.0 Å². The Morgan fingerprint density at radius 3 is 2.52 bits per heavy atom. The highest BCUT2D eigenvalue weighted by Crippen LogP contribution is 2.22. The first kappa shape index (κ1) is 16.1. The number of methoxy groups -OCH3 is 1. The van der Waals surface area contributed by atoms with Crippen LogP contribution in [0.2, 0.25) is 0 Å². The summed E-state index contributed by atoms with van der Waals surface area (Å²) in [7, 11) is 1.70. The average Bonchev–Trinajstić information content (AvgIpc) is 2.45. The molecule has 112 valence electrons. The van der Waals surface area contributed by atoms with Gasteiger partial charge < -0.3 is 10.1 Å². The maximum Gasteiger partial charge on any atom is 0.159 e. The van der Waals surface area contributed by atoms with Gasteiger partial charge >= 0.3 is 0 Å². The molecule has 0 bridgehead atoms. The smallest absolute Gasteiger partial charge is 0.159 e. The zero-order valence-electron chi connectivity index (χ0n) is 12.6. The van der Waals surface area contributed by atoms with Crippen LogP contribution in [-0.4, -0.2) is 30.2 Å². The van der Waals surface area contributed by atoms with Gasteiger partial charge in [-0.3, -0.25) is 0 Å². The number of aryl methyl sites for hydroxylation is 2. The fourth-order valence-electron chi connectivity index (χ4n) is 2.14. The highest BCUT2D eigenvalue weighted by Gasteiger charge is 2.10. The fourth-order valence-corrected chi connectivity index (χ4v) is 2.54. The summed E-state index contributed by atoms with van der Waals surface area (Å²) in [6.07, 6.45) is 0. The average molecular weight is 350 g/mol. The lowest BCUT2D eigenvalue weighted by Gasteiger charge is -2.12. The quantitative estimate of drug-likeness (QED) is 0.813. The molecule has 0 aliphatic carbocycles. The molecule has 0 saturated heterocycles. The van der Waals surface area contributed by atoms with E-state index in [4.69, 9.17) is 4.74 Å². The zero-order chi connectivity index (χ0) is 15.2. The molecule has 0 unspecified atom stereocenters. The van der Waals surface area contributed by atoms with Gasteiger partial charge in [0.25, 0.3) is 0 Å². The third-order valence-electron chi connectivity index (χ3n) is 3.29. The van der Waals surface area contributed by atoms with E-state index in [0.717, 1.165) is 45.9 Å². The van der Waals surface area contributed by atoms with Gasteiger partial charge in [0.1, 0.15) is 0 Å². The maximum atomic E-state index is 5.03. The van der Waals surface area contributed by atoms with Crippen molar-refractivity contribution in [1.29, 1.82) is 0 Å². The van der Waals surface area contributed by atoms with Crippen LogP contribution in [-0.2, 0) is 11.3 Å². The third-order valence-corrected chi connectivity index (χ3v) is 3.78. The third kappa shape index (κ3) is 4.33. The number of nitrogens with one attached hydrogen (secondary N) is 1. The Balaban J connectivity index is 2.20. The van der Waals surface area contributed by atoms with E-state index in [0.29, 0.717) is 6.61 Å². The highest BCUT2D eigenvalue weighted by molar-refractivity contribution is 9.10. The van der Waals surface area contributed by atoms with Crippen molar-refractivity contribution < 1.29 is 4.74 Å². The molecule has 0 spiro atoms. The molecule has 0 saturated carbocycles. The second-order valence-electron chi connectivity index (χ2n) is 4.88. The lowest BCUT2D eigenvalue weighted by molar-refractivity contribution is 0.199. The van der Waals surface area contributed by atoms with Gasteiger partial charge in [-0.25, -0.2) is 9.97 Å². The lowest BCUT2D eigenvalue weighted by Crippen LogP contribution is -2.20. The summed E-state index contributed by atoms with van der Waals surface area (Å²) in [6, 6.07) is 8.05. The highest BCUT2D eigenvalue weighted by atomic mass is 79.9. The number of halogens is 1. The van der Waals surface area contributed by atoms with Crippen molar-refractivity contribution in [2.24, 2.45) is 0 Å². The molecule has 1 heterocycles. The van der Waals surface area contributed by atoms with Crippen molar-refractivity contribution in [3.8, 4) is 11.4 Å². The largest absolute Gasteiger partial charge is 0.383 e. The van der Waals surface area contributed by atoms with Crippen LogP contribution in [0.25, 0.3) is 11.4 Å². The molecule has 5 heteroatoms. The Morgan fingerprint density at radius 1 is 1.19 bits per heavy atom. The predicted molar refractivity (Wildman–Crippen MR) is 88.2 cm³/mol. The first-order valence-electron chi connectivity index (χ1n) is 6.91. The number of rotatable bonds is 6. The summed E-state index contributed by atoms with van der Waals surface area (Å²) in [5, 5.41) is 3.34. The molecule has 0 radical (unpaired) electrons. The number of hydrogen-bond acceptors (Lipinski definition) is 4. The minimum Gasteiger partial charge on any atom is -0.383 e. The molecule has 2 rings (SSSR count). The number of benzene rings is 1. The second-order valence-corrected chi connectivity index (χ2v) is 5.79. The van der Waals surface area contributed by atoms with Crippen LogP contribution in [0.4, 0.5) is 0 Å². The zero-order valence-corrected chi connectivity index (χ0v) is 14.2. The Bertz CT molecular complexity index is 593. The molecule has 2 aromatic rings. The monoisotopic (exact) mass is 349 g/mol. The summed E-state index contributed by atoms with van der Waals surface area (Å²) in [4.78, 5) is 9.28. The molecule has 0 atom stereocenters. The van der Waals surface area contributed by atoms with Gasteiger partial charge in [0.15, 0.2) is 5.82 Å². The van der Waals surface area contributed by atoms with Crippen LogP contribution in [0.5, 0.6) is 0 Å². The van der Waals surface area contributed by atoms with Gasteiger partial charge in [-0.15, -0.1) is 0 Å². The van der Waals surface area contributed by atoms with Crippen molar-refractivity contribution >= 4 is 15.9 Å². The number of nitrogens with zero attached hydrogens (tertiary/aromatic N) is 2. The van der Waals surface area contributed by atoms with Gasteiger partial charge in [-0.1, -0.05) is 28.1 Å². The van der Waals surface area contributed by atoms with E-state index < -0.39 is 0 Å². The van der Waals surface area contributed by atoms with E-state index in [1.807, 2.05) is 38.1 Å². The van der Waals surface area contributed by atoms with E-state index >= 15 is 0 Å². The van der Waals surface area contributed by atoms with Crippen LogP contribution in [0.3, 0.4) is 0 Å². The van der Waals surface area contributed by atoms with Crippen LogP contribution < -0.4 is 5.32 Å². The Morgan fingerprint density at radius 2 is 1.90 bits per heavy atom. The molecule has 4 nitrogen and oxygen atoms in total. The number of ether oxygens (including phenoxy) is 1. The molecule has 1 aromatic heterocycles. The van der Waals surface area contributed by atoms with Gasteiger partial charge in [-0.2, -0.15) is 0 Å². The fraction of sp³-hybridized carbons (Fsp3) is 0.375. The summed E-state index contributed by atoms with van der Waals surface area (Å²) in [6.45, 7) is 6.35. The van der Waals surface area contributed by atoms with Crippen LogP contribution >= 0.6 is 15.9 Å². The normalized spacial score (nSPS) is 10.9. The topological polar surface area (TPSA) is 47.0 Å². The first-order chi connectivity index (χ1) is 10.1. The van der Waals surface area contributed by atoms with Gasteiger partial charge in [0, 0.05) is 47.2 Å². The summed E-state index contributed by atoms with van der Waals surface area (Å²) >= 11 is 3.48. The van der Waals surface area contributed by atoms with E-state index in [1.54, 1.807) is 7.11 Å². The van der Waals surface area contributed by atoms with Gasteiger partial charge in [0.2, 0.25) is 0 Å². The van der Waals surface area contributed by atoms with Crippen molar-refractivity contribution in [2.75, 3.05) is 20.3 Å². The van der Waals surface area contributed by atoms with Crippen LogP contribution in [0, 0.1) is 13.8 Å². The van der Waals surface area contributed by atoms with Gasteiger partial charge in [-0.05, 0) is 26.0 Å². The molecule has 21 heavy (non-hydrogen) atoms. The first-order valence-corrected chi connectivity index (χ1v) is 7.71. The minimum absolute atomic E-state index is 0.703. The van der Waals surface area contributed by atoms with Crippen molar-refractivity contribution in [1.82, 2.24) is 15.3 Å². The van der Waals surface area contributed by atoms with Crippen LogP contribution in [0.15, 0.2) is 28.7 Å². The predicted octanol–water partition coefficient (Wildman–Crippen LogP) is 3.26. The summed E-state index contributed by atoms with van der Waals surface area (Å²) in [5.74, 6) is 0.770. The molecular weight excluding hydrogens is 330 g/mol. The molecule has 0 amide bonds. The Labute approximate surface area is 134 Å². The number of aromatic nitrogens is 2. The summed E-state index contributed by atoms with van der Waals surface area (Å²) < 4.78 is 6.06. The van der Waals surface area contributed by atoms with Gasteiger partial charge in [0.05, 0.1) is 6.61 Å². The molecular formula is C16H20BrN3O. The molecule has 0 aliphatic heterocycles. The van der Waals surface area contributed by atoms with E-state index in [-0.39, 0.29) is 0 Å². The standard InChI is InChI=1S/C16H20BrN3O/c1-11-15(10-18-7-8-21-3)12(2)20-16(19-11)13-5-4-6-14(17)9-13/h4-6,9,18H,7-8,10H2,1-3H3. The van der Waals surface area contributed by atoms with Crippen molar-refractivity contribution in [3.05, 3.63) is 45.7 Å². The van der Waals surface area contributed by atoms with E-state index in [1.165, 1.54) is 0 Å². The molecule has 0 aliphatic rings. The SMILES string of the molecule is COCCNCc1c(C)nc(-c2cccc(Br)c2)nc1C. The summed E-state index contributed by atoms with van der Waals surface area (Å²) in [5.41, 5.74) is 4.21.